The average molecular weight is 411 g/mol. The second kappa shape index (κ2) is 6.90. The first-order chi connectivity index (χ1) is 12.2. The van der Waals surface area contributed by atoms with Crippen molar-refractivity contribution in [3.8, 4) is 21.1 Å². The minimum atomic E-state index is 0.714. The van der Waals surface area contributed by atoms with E-state index in [1.54, 1.807) is 11.3 Å². The van der Waals surface area contributed by atoms with Crippen LogP contribution < -0.4 is 0 Å². The first-order valence-corrected chi connectivity index (χ1v) is 9.48. The summed E-state index contributed by atoms with van der Waals surface area (Å²) in [4.78, 5) is 5.77. The van der Waals surface area contributed by atoms with Crippen molar-refractivity contribution in [3.63, 3.8) is 0 Å². The molecule has 4 nitrogen and oxygen atoms in total. The van der Waals surface area contributed by atoms with Crippen LogP contribution in [0.5, 0.6) is 0 Å². The van der Waals surface area contributed by atoms with Gasteiger partial charge in [-0.3, -0.25) is 0 Å². The predicted octanol–water partition coefficient (Wildman–Crippen LogP) is 5.19. The molecule has 0 aliphatic carbocycles. The lowest BCUT2D eigenvalue weighted by Gasteiger charge is -1.99. The maximum absolute atomic E-state index is 4.71. The van der Waals surface area contributed by atoms with Gasteiger partial charge in [-0.25, -0.2) is 9.67 Å². The first-order valence-electron chi connectivity index (χ1n) is 7.87. The Hall–Kier alpha value is -2.31. The van der Waals surface area contributed by atoms with Gasteiger partial charge in [0.05, 0.1) is 23.3 Å². The largest absolute Gasteiger partial charge is 0.247 e. The lowest BCUT2D eigenvalue weighted by Crippen LogP contribution is -1.99. The Morgan fingerprint density at radius 2 is 1.80 bits per heavy atom. The molecule has 0 bridgehead atoms. The summed E-state index contributed by atoms with van der Waals surface area (Å²) in [7, 11) is 0. The fourth-order valence-electron chi connectivity index (χ4n) is 2.60. The van der Waals surface area contributed by atoms with E-state index in [4.69, 9.17) is 4.98 Å². The number of halogens is 1. The molecule has 6 heteroatoms. The molecule has 25 heavy (non-hydrogen) atoms. The van der Waals surface area contributed by atoms with E-state index in [1.165, 1.54) is 5.56 Å². The third-order valence-corrected chi connectivity index (χ3v) is 5.60. The summed E-state index contributed by atoms with van der Waals surface area (Å²) in [6.45, 7) is 2.73. The molecular weight excluding hydrogens is 396 g/mol. The van der Waals surface area contributed by atoms with Gasteiger partial charge in [0, 0.05) is 10.0 Å². The van der Waals surface area contributed by atoms with Gasteiger partial charge in [0.25, 0.3) is 0 Å². The normalized spacial score (nSPS) is 11.0. The summed E-state index contributed by atoms with van der Waals surface area (Å²) < 4.78 is 2.93. The van der Waals surface area contributed by atoms with Gasteiger partial charge in [0.2, 0.25) is 0 Å². The highest BCUT2D eigenvalue weighted by Crippen LogP contribution is 2.34. The van der Waals surface area contributed by atoms with Crippen molar-refractivity contribution < 1.29 is 0 Å². The van der Waals surface area contributed by atoms with Crippen LogP contribution in [0.4, 0.5) is 0 Å². The number of thiazole rings is 1. The van der Waals surface area contributed by atoms with E-state index in [0.29, 0.717) is 6.54 Å². The Kier molecular flexibility index (Phi) is 4.46. The Morgan fingerprint density at radius 1 is 1.04 bits per heavy atom. The zero-order valence-electron chi connectivity index (χ0n) is 13.6. The molecule has 4 rings (SSSR count). The van der Waals surface area contributed by atoms with Crippen LogP contribution >= 0.6 is 27.3 Å². The lowest BCUT2D eigenvalue weighted by molar-refractivity contribution is 0.650. The quantitative estimate of drug-likeness (QED) is 0.464. The van der Waals surface area contributed by atoms with Gasteiger partial charge in [-0.1, -0.05) is 63.6 Å². The number of hydrogen-bond donors (Lipinski definition) is 0. The molecule has 0 aliphatic heterocycles. The number of hydrogen-bond acceptors (Lipinski definition) is 4. The van der Waals surface area contributed by atoms with Crippen LogP contribution in [0.1, 0.15) is 11.3 Å². The molecule has 0 fully saturated rings. The molecule has 0 spiro atoms. The number of aryl methyl sites for hydroxylation is 1. The molecule has 0 saturated carbocycles. The summed E-state index contributed by atoms with van der Waals surface area (Å²) in [5.41, 5.74) is 4.17. The summed E-state index contributed by atoms with van der Waals surface area (Å²) in [6.07, 6.45) is 1.98. The van der Waals surface area contributed by atoms with E-state index in [1.807, 2.05) is 48.1 Å². The fraction of sp³-hybridized carbons (Fsp3) is 0.105. The summed E-state index contributed by atoms with van der Waals surface area (Å²) in [5, 5.41) is 9.60. The molecule has 124 valence electrons. The van der Waals surface area contributed by atoms with Crippen LogP contribution in [-0.4, -0.2) is 20.0 Å². The highest BCUT2D eigenvalue weighted by atomic mass is 79.9. The molecule has 0 unspecified atom stereocenters. The molecule has 2 heterocycles. The molecular formula is C19H15BrN4S. The highest BCUT2D eigenvalue weighted by molar-refractivity contribution is 9.10. The van der Waals surface area contributed by atoms with Crippen molar-refractivity contribution in [2.24, 2.45) is 0 Å². The lowest BCUT2D eigenvalue weighted by atomic mass is 10.2. The Morgan fingerprint density at radius 3 is 2.56 bits per heavy atom. The van der Waals surface area contributed by atoms with Gasteiger partial charge in [0.15, 0.2) is 0 Å². The molecule has 0 N–H and O–H groups in total. The second-order valence-electron chi connectivity index (χ2n) is 5.73. The van der Waals surface area contributed by atoms with Gasteiger partial charge in [-0.05, 0) is 24.6 Å². The zero-order valence-corrected chi connectivity index (χ0v) is 16.0. The molecule has 0 atom stereocenters. The fourth-order valence-corrected chi connectivity index (χ4v) is 3.89. The summed E-state index contributed by atoms with van der Waals surface area (Å²) in [5.74, 6) is 0. The van der Waals surface area contributed by atoms with Crippen LogP contribution in [0.25, 0.3) is 21.1 Å². The monoisotopic (exact) mass is 410 g/mol. The van der Waals surface area contributed by atoms with Gasteiger partial charge in [-0.2, -0.15) is 0 Å². The van der Waals surface area contributed by atoms with Crippen molar-refractivity contribution >= 4 is 27.3 Å². The van der Waals surface area contributed by atoms with Crippen LogP contribution in [0.3, 0.4) is 0 Å². The van der Waals surface area contributed by atoms with Gasteiger partial charge < -0.3 is 0 Å². The molecule has 0 radical (unpaired) electrons. The van der Waals surface area contributed by atoms with E-state index in [-0.39, 0.29) is 0 Å². The molecule has 0 amide bonds. The molecule has 0 aliphatic rings. The van der Waals surface area contributed by atoms with Crippen molar-refractivity contribution in [1.82, 2.24) is 20.0 Å². The summed E-state index contributed by atoms with van der Waals surface area (Å²) in [6, 6.07) is 18.5. The van der Waals surface area contributed by atoms with Crippen LogP contribution in [0.15, 0.2) is 65.3 Å². The van der Waals surface area contributed by atoms with Gasteiger partial charge in [0.1, 0.15) is 10.7 Å². The van der Waals surface area contributed by atoms with Crippen molar-refractivity contribution in [3.05, 3.63) is 76.5 Å². The standard InChI is InChI=1S/C19H15BrN4S/c1-13-18(25-19(21-13)15-7-9-16(20)10-8-15)17-12-24(23-22-17)11-14-5-3-2-4-6-14/h2-10,12H,11H2,1H3. The number of nitrogens with zero attached hydrogens (tertiary/aromatic N) is 4. The molecule has 0 saturated heterocycles. The van der Waals surface area contributed by atoms with Crippen LogP contribution in [0, 0.1) is 6.92 Å². The van der Waals surface area contributed by atoms with E-state index < -0.39 is 0 Å². The Bertz CT molecular complexity index is 990. The minimum absolute atomic E-state index is 0.714. The highest BCUT2D eigenvalue weighted by Gasteiger charge is 2.14. The maximum atomic E-state index is 4.71. The predicted molar refractivity (Wildman–Crippen MR) is 105 cm³/mol. The topological polar surface area (TPSA) is 43.6 Å². The maximum Gasteiger partial charge on any atom is 0.124 e. The Labute approximate surface area is 158 Å². The van der Waals surface area contributed by atoms with E-state index in [2.05, 4.69) is 50.5 Å². The van der Waals surface area contributed by atoms with E-state index >= 15 is 0 Å². The number of benzene rings is 2. The van der Waals surface area contributed by atoms with Crippen LogP contribution in [0.2, 0.25) is 0 Å². The van der Waals surface area contributed by atoms with E-state index in [9.17, 15) is 0 Å². The van der Waals surface area contributed by atoms with Crippen molar-refractivity contribution in [1.29, 1.82) is 0 Å². The van der Waals surface area contributed by atoms with Crippen LogP contribution in [-0.2, 0) is 6.54 Å². The third-order valence-electron chi connectivity index (χ3n) is 3.85. The average Bonchev–Trinajstić information content (AvgIpc) is 3.23. The SMILES string of the molecule is Cc1nc(-c2ccc(Br)cc2)sc1-c1cn(Cc2ccccc2)nn1. The minimum Gasteiger partial charge on any atom is -0.247 e. The van der Waals surface area contributed by atoms with Gasteiger partial charge in [-0.15, -0.1) is 16.4 Å². The summed E-state index contributed by atoms with van der Waals surface area (Å²) >= 11 is 5.12. The third kappa shape index (κ3) is 3.55. The second-order valence-corrected chi connectivity index (χ2v) is 7.64. The number of rotatable bonds is 4. The van der Waals surface area contributed by atoms with Crippen molar-refractivity contribution in [2.45, 2.75) is 13.5 Å². The van der Waals surface area contributed by atoms with E-state index in [0.717, 1.165) is 31.3 Å². The molecule has 2 aromatic carbocycles. The van der Waals surface area contributed by atoms with Crippen molar-refractivity contribution in [2.75, 3.05) is 0 Å². The zero-order chi connectivity index (χ0) is 17.2. The van der Waals surface area contributed by atoms with Gasteiger partial charge >= 0.3 is 0 Å². The molecule has 2 aromatic heterocycles. The Balaban J connectivity index is 1.61. The smallest absolute Gasteiger partial charge is 0.124 e. The molecule has 4 aromatic rings. The first kappa shape index (κ1) is 16.2. The number of aromatic nitrogens is 4.